The van der Waals surface area contributed by atoms with Gasteiger partial charge in [0.25, 0.3) is 0 Å². The number of hydrogen-bond donors (Lipinski definition) is 2. The smallest absolute Gasteiger partial charge is 0.218 e. The molecule has 2 heterocycles. The second-order valence-corrected chi connectivity index (χ2v) is 5.82. The molecule has 0 radical (unpaired) electrons. The van der Waals surface area contributed by atoms with Crippen molar-refractivity contribution in [2.24, 2.45) is 10.7 Å². The van der Waals surface area contributed by atoms with Crippen LogP contribution in [-0.2, 0) is 11.3 Å². The molecule has 1 aromatic rings. The van der Waals surface area contributed by atoms with Crippen LogP contribution < -0.4 is 15.8 Å². The Morgan fingerprint density at radius 3 is 3.17 bits per heavy atom. The molecule has 134 valence electrons. The maximum Gasteiger partial charge on any atom is 0.218 e. The van der Waals surface area contributed by atoms with Crippen LogP contribution in [0, 0.1) is 0 Å². The Labute approximate surface area is 144 Å². The van der Waals surface area contributed by atoms with Crippen molar-refractivity contribution in [2.45, 2.75) is 32.4 Å². The van der Waals surface area contributed by atoms with Crippen LogP contribution in [0.1, 0.15) is 25.3 Å². The third-order valence-electron chi connectivity index (χ3n) is 4.22. The zero-order valence-electron chi connectivity index (χ0n) is 14.7. The third-order valence-corrected chi connectivity index (χ3v) is 4.22. The lowest BCUT2D eigenvalue weighted by atomic mass is 10.2. The van der Waals surface area contributed by atoms with Gasteiger partial charge in [0.2, 0.25) is 5.88 Å². The number of nitrogens with two attached hydrogens (primary N) is 1. The number of guanidine groups is 1. The summed E-state index contributed by atoms with van der Waals surface area (Å²) in [6.07, 6.45) is 4.18. The molecule has 0 aliphatic carbocycles. The highest BCUT2D eigenvalue weighted by molar-refractivity contribution is 5.77. The Kier molecular flexibility index (Phi) is 7.77. The van der Waals surface area contributed by atoms with Crippen LogP contribution >= 0.6 is 0 Å². The third kappa shape index (κ3) is 5.65. The summed E-state index contributed by atoms with van der Waals surface area (Å²) in [6, 6.07) is 4.37. The second kappa shape index (κ2) is 10.1. The molecule has 0 bridgehead atoms. The largest absolute Gasteiger partial charge is 0.475 e. The highest BCUT2D eigenvalue weighted by Gasteiger charge is 2.22. The monoisotopic (exact) mass is 335 g/mol. The van der Waals surface area contributed by atoms with Crippen molar-refractivity contribution >= 4 is 5.96 Å². The van der Waals surface area contributed by atoms with Gasteiger partial charge >= 0.3 is 0 Å². The fraction of sp³-hybridized carbons (Fsp3) is 0.647. The molecular formula is C17H29N5O2. The number of likely N-dealkylation sites (N-methyl/N-ethyl adjacent to an activating group) is 1. The number of aliphatic imine (C=N–C) groups is 1. The van der Waals surface area contributed by atoms with E-state index in [1.165, 1.54) is 19.4 Å². The van der Waals surface area contributed by atoms with Gasteiger partial charge in [0, 0.05) is 31.5 Å². The fourth-order valence-electron chi connectivity index (χ4n) is 2.89. The number of hydrogen-bond acceptors (Lipinski definition) is 5. The van der Waals surface area contributed by atoms with Gasteiger partial charge in [-0.15, -0.1) is 0 Å². The molecule has 1 unspecified atom stereocenters. The first-order valence-electron chi connectivity index (χ1n) is 8.58. The van der Waals surface area contributed by atoms with Crippen LogP contribution in [0.5, 0.6) is 5.88 Å². The molecule has 0 spiro atoms. The number of aromatic nitrogens is 1. The molecule has 0 amide bonds. The molecule has 7 heteroatoms. The van der Waals surface area contributed by atoms with E-state index < -0.39 is 0 Å². The van der Waals surface area contributed by atoms with Gasteiger partial charge in [0.1, 0.15) is 6.61 Å². The van der Waals surface area contributed by atoms with Crippen LogP contribution in [0.3, 0.4) is 0 Å². The van der Waals surface area contributed by atoms with Gasteiger partial charge in [-0.1, -0.05) is 13.0 Å². The van der Waals surface area contributed by atoms with E-state index >= 15 is 0 Å². The van der Waals surface area contributed by atoms with Crippen LogP contribution in [0.2, 0.25) is 0 Å². The SMILES string of the molecule is CCN1CCCC1CNC(N)=NCc1cccnc1OCCOC. The molecule has 1 aliphatic rings. The van der Waals surface area contributed by atoms with E-state index in [9.17, 15) is 0 Å². The van der Waals surface area contributed by atoms with Crippen LogP contribution in [-0.4, -0.2) is 61.8 Å². The van der Waals surface area contributed by atoms with E-state index in [1.54, 1.807) is 13.3 Å². The number of nitrogens with zero attached hydrogens (tertiary/aromatic N) is 3. The topological polar surface area (TPSA) is 85.0 Å². The zero-order valence-corrected chi connectivity index (χ0v) is 14.7. The molecule has 1 atom stereocenters. The van der Waals surface area contributed by atoms with Crippen LogP contribution in [0.4, 0.5) is 0 Å². The van der Waals surface area contributed by atoms with E-state index in [-0.39, 0.29) is 0 Å². The van der Waals surface area contributed by atoms with Gasteiger partial charge in [0.05, 0.1) is 13.2 Å². The molecule has 2 rings (SSSR count). The minimum absolute atomic E-state index is 0.442. The standard InChI is InChI=1S/C17H29N5O2/c1-3-22-9-5-7-15(22)13-21-17(18)20-12-14-6-4-8-19-16(14)24-11-10-23-2/h4,6,8,15H,3,5,7,9-13H2,1-2H3,(H3,18,20,21). The molecule has 1 saturated heterocycles. The summed E-state index contributed by atoms with van der Waals surface area (Å²) < 4.78 is 10.6. The van der Waals surface area contributed by atoms with Crippen LogP contribution in [0.25, 0.3) is 0 Å². The summed E-state index contributed by atoms with van der Waals surface area (Å²) in [5, 5.41) is 3.24. The van der Waals surface area contributed by atoms with Gasteiger partial charge in [-0.05, 0) is 32.0 Å². The normalized spacial score (nSPS) is 18.8. The van der Waals surface area contributed by atoms with Crippen LogP contribution in [0.15, 0.2) is 23.3 Å². The second-order valence-electron chi connectivity index (χ2n) is 5.82. The van der Waals surface area contributed by atoms with E-state index in [0.29, 0.717) is 37.6 Å². The maximum atomic E-state index is 6.00. The van der Waals surface area contributed by atoms with E-state index in [0.717, 1.165) is 18.7 Å². The summed E-state index contributed by atoms with van der Waals surface area (Å²) in [7, 11) is 1.64. The molecule has 1 aliphatic heterocycles. The molecule has 7 nitrogen and oxygen atoms in total. The molecule has 0 saturated carbocycles. The first kappa shape index (κ1) is 18.5. The molecule has 3 N–H and O–H groups in total. The summed E-state index contributed by atoms with van der Waals surface area (Å²) in [4.78, 5) is 11.1. The number of pyridine rings is 1. The highest BCUT2D eigenvalue weighted by atomic mass is 16.5. The Morgan fingerprint density at radius 1 is 1.50 bits per heavy atom. The average molecular weight is 335 g/mol. The molecule has 24 heavy (non-hydrogen) atoms. The van der Waals surface area contributed by atoms with Crippen molar-refractivity contribution in [1.29, 1.82) is 0 Å². The van der Waals surface area contributed by atoms with Crippen molar-refractivity contribution in [2.75, 3.05) is 40.0 Å². The lowest BCUT2D eigenvalue weighted by molar-refractivity contribution is 0.143. The average Bonchev–Trinajstić information content (AvgIpc) is 3.07. The maximum absolute atomic E-state index is 6.00. The van der Waals surface area contributed by atoms with Crippen molar-refractivity contribution in [3.05, 3.63) is 23.9 Å². The van der Waals surface area contributed by atoms with Crippen molar-refractivity contribution in [1.82, 2.24) is 15.2 Å². The van der Waals surface area contributed by atoms with E-state index in [1.807, 2.05) is 12.1 Å². The minimum atomic E-state index is 0.442. The zero-order chi connectivity index (χ0) is 17.2. The van der Waals surface area contributed by atoms with Crippen molar-refractivity contribution < 1.29 is 9.47 Å². The number of ether oxygens (including phenoxy) is 2. The highest BCUT2D eigenvalue weighted by Crippen LogP contribution is 2.16. The van der Waals surface area contributed by atoms with E-state index in [4.69, 9.17) is 15.2 Å². The molecule has 0 aromatic carbocycles. The van der Waals surface area contributed by atoms with Gasteiger partial charge < -0.3 is 20.5 Å². The molecule has 1 aromatic heterocycles. The number of likely N-dealkylation sites (tertiary alicyclic amines) is 1. The Balaban J connectivity index is 1.83. The minimum Gasteiger partial charge on any atom is -0.475 e. The van der Waals surface area contributed by atoms with Crippen molar-refractivity contribution in [3.63, 3.8) is 0 Å². The van der Waals surface area contributed by atoms with Crippen molar-refractivity contribution in [3.8, 4) is 5.88 Å². The lowest BCUT2D eigenvalue weighted by Gasteiger charge is -2.23. The number of rotatable bonds is 9. The predicted octanol–water partition coefficient (Wildman–Crippen LogP) is 0.995. The first-order chi connectivity index (χ1) is 11.7. The summed E-state index contributed by atoms with van der Waals surface area (Å²) in [6.45, 7) is 6.73. The van der Waals surface area contributed by atoms with Gasteiger partial charge in [-0.3, -0.25) is 4.90 Å². The van der Waals surface area contributed by atoms with E-state index in [2.05, 4.69) is 27.1 Å². The Hall–Kier alpha value is -1.86. The first-order valence-corrected chi connectivity index (χ1v) is 8.58. The fourth-order valence-corrected chi connectivity index (χ4v) is 2.89. The predicted molar refractivity (Wildman–Crippen MR) is 95.2 cm³/mol. The Bertz CT molecular complexity index is 523. The summed E-state index contributed by atoms with van der Waals surface area (Å²) in [5.41, 5.74) is 6.91. The summed E-state index contributed by atoms with van der Waals surface area (Å²) in [5.74, 6) is 1.05. The molecular weight excluding hydrogens is 306 g/mol. The number of nitrogens with one attached hydrogen (secondary N) is 1. The Morgan fingerprint density at radius 2 is 2.38 bits per heavy atom. The van der Waals surface area contributed by atoms with Gasteiger partial charge in [-0.2, -0.15) is 0 Å². The molecule has 1 fully saturated rings. The van der Waals surface area contributed by atoms with Gasteiger partial charge in [-0.25, -0.2) is 9.98 Å². The quantitative estimate of drug-likeness (QED) is 0.398. The number of methoxy groups -OCH3 is 1. The lowest BCUT2D eigenvalue weighted by Crippen LogP contribution is -2.42. The summed E-state index contributed by atoms with van der Waals surface area (Å²) >= 11 is 0. The van der Waals surface area contributed by atoms with Gasteiger partial charge in [0.15, 0.2) is 5.96 Å².